The topological polar surface area (TPSA) is 36.9 Å². The van der Waals surface area contributed by atoms with E-state index < -0.39 is 15.8 Å². The van der Waals surface area contributed by atoms with Crippen molar-refractivity contribution in [3.63, 3.8) is 0 Å². The molecule has 0 N–H and O–H groups in total. The van der Waals surface area contributed by atoms with Gasteiger partial charge in [0.1, 0.15) is 0 Å². The van der Waals surface area contributed by atoms with Gasteiger partial charge in [-0.1, -0.05) is 117 Å². The van der Waals surface area contributed by atoms with Crippen LogP contribution >= 0.6 is 15.8 Å². The van der Waals surface area contributed by atoms with Crippen LogP contribution in [0.15, 0.2) is 97.1 Å². The minimum atomic E-state index is -1.05. The van der Waals surface area contributed by atoms with Crippen molar-refractivity contribution in [3.8, 4) is 34.1 Å². The van der Waals surface area contributed by atoms with Gasteiger partial charge in [-0.15, -0.1) is 0 Å². The average molecular weight is 723 g/mol. The highest BCUT2D eigenvalue weighted by Gasteiger charge is 2.36. The SMILES string of the molecule is Cc1cc(C)cc(P(c2cc(C)cc(C)c2)c2ccc3c(c2-c2c(P(c4cc(C)cc(C)c4)c4cc(C)cc(C)c4)ccc4c2OCO4)OCO3)c1. The molecule has 0 aromatic heterocycles. The largest absolute Gasteiger partial charge is 0.454 e. The molecular weight excluding hydrogens is 678 g/mol. The predicted molar refractivity (Wildman–Crippen MR) is 219 cm³/mol. The molecule has 0 atom stereocenters. The van der Waals surface area contributed by atoms with Gasteiger partial charge in [-0.25, -0.2) is 0 Å². The van der Waals surface area contributed by atoms with E-state index in [-0.39, 0.29) is 13.6 Å². The fourth-order valence-electron chi connectivity index (χ4n) is 7.95. The molecule has 2 aliphatic heterocycles. The minimum absolute atomic E-state index is 0.168. The van der Waals surface area contributed by atoms with Crippen molar-refractivity contribution in [2.24, 2.45) is 0 Å². The molecule has 6 aromatic carbocycles. The molecule has 4 nitrogen and oxygen atoms in total. The van der Waals surface area contributed by atoms with Crippen LogP contribution in [-0.4, -0.2) is 13.6 Å². The molecule has 52 heavy (non-hydrogen) atoms. The average Bonchev–Trinajstić information content (AvgIpc) is 3.74. The molecule has 0 fully saturated rings. The molecule has 0 bridgehead atoms. The van der Waals surface area contributed by atoms with Gasteiger partial charge >= 0.3 is 0 Å². The number of aryl methyl sites for hydroxylation is 8. The Kier molecular flexibility index (Phi) is 9.11. The zero-order valence-corrected chi connectivity index (χ0v) is 33.0. The Morgan fingerprint density at radius 1 is 0.346 bits per heavy atom. The predicted octanol–water partition coefficient (Wildman–Crippen LogP) is 8.79. The Labute approximate surface area is 310 Å². The van der Waals surface area contributed by atoms with Crippen molar-refractivity contribution in [2.45, 2.75) is 55.4 Å². The van der Waals surface area contributed by atoms with E-state index in [0.29, 0.717) is 0 Å². The van der Waals surface area contributed by atoms with E-state index in [0.717, 1.165) is 34.1 Å². The van der Waals surface area contributed by atoms with Crippen LogP contribution in [0.1, 0.15) is 44.5 Å². The van der Waals surface area contributed by atoms with E-state index in [1.54, 1.807) is 0 Å². The highest BCUT2D eigenvalue weighted by molar-refractivity contribution is 7.80. The highest BCUT2D eigenvalue weighted by atomic mass is 31.1. The molecule has 0 unspecified atom stereocenters. The van der Waals surface area contributed by atoms with Gasteiger partial charge in [0.25, 0.3) is 0 Å². The van der Waals surface area contributed by atoms with E-state index in [9.17, 15) is 0 Å². The Hall–Kier alpha value is -4.62. The number of rotatable bonds is 7. The standard InChI is InChI=1S/C46H44O4P2/c1-27-13-28(2)18-35(17-27)51(36-19-29(3)14-30(4)20-36)41-11-9-39-45(49-25-47-39)43(41)44-42(12-10-40-46(44)50-26-48-40)52(37-21-31(5)15-32(6)22-37)38-23-33(7)16-34(8)24-38/h9-24H,25-26H2,1-8H3. The maximum atomic E-state index is 6.52. The third-order valence-electron chi connectivity index (χ3n) is 9.62. The number of hydrogen-bond acceptors (Lipinski definition) is 4. The second kappa shape index (κ2) is 13.7. The van der Waals surface area contributed by atoms with Gasteiger partial charge in [-0.2, -0.15) is 0 Å². The maximum Gasteiger partial charge on any atom is 0.231 e. The Bertz CT molecular complexity index is 2030. The fourth-order valence-corrected chi connectivity index (χ4v) is 13.6. The van der Waals surface area contributed by atoms with Crippen molar-refractivity contribution >= 4 is 47.7 Å². The molecule has 0 saturated carbocycles. The Morgan fingerprint density at radius 3 is 0.885 bits per heavy atom. The number of hydrogen-bond donors (Lipinski definition) is 0. The number of ether oxygens (including phenoxy) is 4. The highest BCUT2D eigenvalue weighted by Crippen LogP contribution is 2.53. The first-order valence-corrected chi connectivity index (χ1v) is 20.5. The Morgan fingerprint density at radius 2 is 0.615 bits per heavy atom. The first-order chi connectivity index (χ1) is 25.0. The molecule has 8 rings (SSSR count). The van der Waals surface area contributed by atoms with Gasteiger partial charge in [0.15, 0.2) is 23.0 Å². The molecule has 6 heteroatoms. The summed E-state index contributed by atoms with van der Waals surface area (Å²) in [5.41, 5.74) is 12.1. The molecule has 0 amide bonds. The van der Waals surface area contributed by atoms with Gasteiger partial charge in [-0.05, 0) is 127 Å². The summed E-state index contributed by atoms with van der Waals surface area (Å²) in [5.74, 6) is 3.03. The third-order valence-corrected chi connectivity index (χ3v) is 14.4. The first-order valence-electron chi connectivity index (χ1n) is 17.8. The summed E-state index contributed by atoms with van der Waals surface area (Å²) in [6, 6.07) is 36.7. The first kappa shape index (κ1) is 34.5. The molecule has 2 heterocycles. The molecule has 0 aliphatic carbocycles. The quantitative estimate of drug-likeness (QED) is 0.155. The zero-order chi connectivity index (χ0) is 36.3. The molecule has 0 spiro atoms. The second-order valence-electron chi connectivity index (χ2n) is 14.4. The molecule has 0 saturated heterocycles. The smallest absolute Gasteiger partial charge is 0.231 e. The lowest BCUT2D eigenvalue weighted by atomic mass is 10.0. The second-order valence-corrected chi connectivity index (χ2v) is 18.8. The molecule has 6 aromatic rings. The lowest BCUT2D eigenvalue weighted by Gasteiger charge is -2.28. The Balaban J connectivity index is 1.50. The summed E-state index contributed by atoms with van der Waals surface area (Å²) in [4.78, 5) is 0. The van der Waals surface area contributed by atoms with E-state index in [2.05, 4.69) is 152 Å². The maximum absolute atomic E-state index is 6.52. The van der Waals surface area contributed by atoms with Crippen LogP contribution in [-0.2, 0) is 0 Å². The van der Waals surface area contributed by atoms with Crippen molar-refractivity contribution < 1.29 is 18.9 Å². The van der Waals surface area contributed by atoms with Crippen LogP contribution in [0.5, 0.6) is 23.0 Å². The monoisotopic (exact) mass is 722 g/mol. The third kappa shape index (κ3) is 6.49. The lowest BCUT2D eigenvalue weighted by molar-refractivity contribution is 0.173. The summed E-state index contributed by atoms with van der Waals surface area (Å²) in [6.07, 6.45) is 0. The normalized spacial score (nSPS) is 13.0. The van der Waals surface area contributed by atoms with Crippen molar-refractivity contribution in [1.82, 2.24) is 0 Å². The van der Waals surface area contributed by atoms with Gasteiger partial charge in [-0.3, -0.25) is 0 Å². The summed E-state index contributed by atoms with van der Waals surface area (Å²) in [7, 11) is -2.11. The number of fused-ring (bicyclic) bond motifs is 2. The summed E-state index contributed by atoms with van der Waals surface area (Å²) in [6.45, 7) is 17.9. The zero-order valence-electron chi connectivity index (χ0n) is 31.2. The summed E-state index contributed by atoms with van der Waals surface area (Å²) >= 11 is 0. The van der Waals surface area contributed by atoms with Crippen LogP contribution in [0.2, 0.25) is 0 Å². The molecule has 262 valence electrons. The van der Waals surface area contributed by atoms with E-state index >= 15 is 0 Å². The van der Waals surface area contributed by atoms with Crippen LogP contribution in [0, 0.1) is 55.4 Å². The van der Waals surface area contributed by atoms with Gasteiger partial charge in [0.2, 0.25) is 13.6 Å². The van der Waals surface area contributed by atoms with E-state index in [4.69, 9.17) is 18.9 Å². The van der Waals surface area contributed by atoms with Crippen molar-refractivity contribution in [3.05, 3.63) is 142 Å². The fraction of sp³-hybridized carbons (Fsp3) is 0.217. The van der Waals surface area contributed by atoms with E-state index in [1.807, 2.05) is 0 Å². The van der Waals surface area contributed by atoms with Crippen molar-refractivity contribution in [2.75, 3.05) is 13.6 Å². The van der Waals surface area contributed by atoms with Gasteiger partial charge in [0, 0.05) is 11.1 Å². The van der Waals surface area contributed by atoms with Gasteiger partial charge < -0.3 is 18.9 Å². The molecule has 0 radical (unpaired) electrons. The van der Waals surface area contributed by atoms with E-state index in [1.165, 1.54) is 76.3 Å². The van der Waals surface area contributed by atoms with Crippen LogP contribution in [0.3, 0.4) is 0 Å². The summed E-state index contributed by atoms with van der Waals surface area (Å²) in [5, 5.41) is 7.61. The van der Waals surface area contributed by atoms with Gasteiger partial charge in [0.05, 0.1) is 0 Å². The van der Waals surface area contributed by atoms with Crippen LogP contribution < -0.4 is 50.8 Å². The number of benzene rings is 6. The molecule has 2 aliphatic rings. The lowest BCUT2D eigenvalue weighted by Crippen LogP contribution is -2.27. The van der Waals surface area contributed by atoms with Crippen LogP contribution in [0.25, 0.3) is 11.1 Å². The minimum Gasteiger partial charge on any atom is -0.454 e. The molecular formula is C46H44O4P2. The van der Waals surface area contributed by atoms with Crippen molar-refractivity contribution in [1.29, 1.82) is 0 Å². The summed E-state index contributed by atoms with van der Waals surface area (Å²) < 4.78 is 25.4. The van der Waals surface area contributed by atoms with Crippen LogP contribution in [0.4, 0.5) is 0 Å².